The molecule has 0 amide bonds. The molecule has 2 rings (SSSR count). The Labute approximate surface area is 123 Å². The molecule has 2 N–H and O–H groups in total. The van der Waals surface area contributed by atoms with E-state index in [1.807, 2.05) is 24.3 Å². The van der Waals surface area contributed by atoms with E-state index in [1.54, 1.807) is 18.2 Å². The molecule has 0 aromatic heterocycles. The SMILES string of the molecule is N#Cc1cccc(C(=O)Cl)c1.NCCc1ccccc1. The second-order valence-corrected chi connectivity index (χ2v) is 4.33. The van der Waals surface area contributed by atoms with E-state index >= 15 is 0 Å². The van der Waals surface area contributed by atoms with Crippen molar-refractivity contribution in [2.24, 2.45) is 5.73 Å². The molecule has 20 heavy (non-hydrogen) atoms. The third-order valence-corrected chi connectivity index (χ3v) is 2.71. The second kappa shape index (κ2) is 8.87. The summed E-state index contributed by atoms with van der Waals surface area (Å²) in [5.41, 5.74) is 7.47. The Morgan fingerprint density at radius 3 is 2.40 bits per heavy atom. The van der Waals surface area contributed by atoms with Gasteiger partial charge in [0.1, 0.15) is 0 Å². The van der Waals surface area contributed by atoms with Gasteiger partial charge in [-0.3, -0.25) is 4.79 Å². The van der Waals surface area contributed by atoms with Gasteiger partial charge in [-0.15, -0.1) is 0 Å². The van der Waals surface area contributed by atoms with Crippen molar-refractivity contribution >= 4 is 16.8 Å². The van der Waals surface area contributed by atoms with Gasteiger partial charge in [0.25, 0.3) is 5.24 Å². The van der Waals surface area contributed by atoms with Crippen LogP contribution in [-0.4, -0.2) is 11.8 Å². The molecule has 0 radical (unpaired) electrons. The number of hydrogen-bond donors (Lipinski definition) is 1. The van der Waals surface area contributed by atoms with Gasteiger partial charge in [-0.05, 0) is 42.3 Å². The Kier molecular flexibility index (Phi) is 7.05. The van der Waals surface area contributed by atoms with Gasteiger partial charge in [0.05, 0.1) is 11.6 Å². The third-order valence-electron chi connectivity index (χ3n) is 2.49. The zero-order chi connectivity index (χ0) is 14.8. The van der Waals surface area contributed by atoms with Crippen LogP contribution >= 0.6 is 11.6 Å². The predicted octanol–water partition coefficient (Wildman–Crippen LogP) is 3.13. The van der Waals surface area contributed by atoms with E-state index in [0.29, 0.717) is 11.1 Å². The smallest absolute Gasteiger partial charge is 0.252 e. The minimum atomic E-state index is -0.540. The summed E-state index contributed by atoms with van der Waals surface area (Å²) in [7, 11) is 0. The largest absolute Gasteiger partial charge is 0.330 e. The standard InChI is InChI=1S/C8H4ClNO.C8H11N/c9-8(11)7-3-1-2-6(4-7)5-10;9-7-6-8-4-2-1-3-5-8/h1-4H;1-5H,6-7,9H2. The minimum Gasteiger partial charge on any atom is -0.330 e. The lowest BCUT2D eigenvalue weighted by atomic mass is 10.1. The highest BCUT2D eigenvalue weighted by Gasteiger charge is 2.00. The Morgan fingerprint density at radius 1 is 1.15 bits per heavy atom. The number of carbonyl (C=O) groups excluding carboxylic acids is 1. The molecule has 0 aliphatic heterocycles. The predicted molar refractivity (Wildman–Crippen MR) is 80.5 cm³/mol. The molecule has 0 fully saturated rings. The van der Waals surface area contributed by atoms with Crippen molar-refractivity contribution in [3.63, 3.8) is 0 Å². The molecule has 0 aliphatic rings. The first kappa shape index (κ1) is 15.9. The molecule has 2 aromatic carbocycles. The molecule has 0 spiro atoms. The highest BCUT2D eigenvalue weighted by atomic mass is 35.5. The fourth-order valence-corrected chi connectivity index (χ4v) is 1.64. The van der Waals surface area contributed by atoms with Crippen LogP contribution in [0.1, 0.15) is 21.5 Å². The summed E-state index contributed by atoms with van der Waals surface area (Å²) in [5, 5.41) is 7.90. The van der Waals surface area contributed by atoms with Gasteiger partial charge in [0, 0.05) is 5.56 Å². The molecular weight excluding hydrogens is 272 g/mol. The summed E-state index contributed by atoms with van der Waals surface area (Å²) < 4.78 is 0. The lowest BCUT2D eigenvalue weighted by Crippen LogP contribution is -2.01. The fraction of sp³-hybridized carbons (Fsp3) is 0.125. The number of nitriles is 1. The van der Waals surface area contributed by atoms with Crippen LogP contribution in [0, 0.1) is 11.3 Å². The Bertz CT molecular complexity index is 591. The zero-order valence-electron chi connectivity index (χ0n) is 10.9. The number of nitrogens with two attached hydrogens (primary N) is 1. The van der Waals surface area contributed by atoms with Gasteiger partial charge in [-0.25, -0.2) is 0 Å². The van der Waals surface area contributed by atoms with Crippen molar-refractivity contribution in [2.75, 3.05) is 6.54 Å². The van der Waals surface area contributed by atoms with Crippen molar-refractivity contribution in [1.82, 2.24) is 0 Å². The maximum absolute atomic E-state index is 10.6. The second-order valence-electron chi connectivity index (χ2n) is 3.99. The molecule has 2 aromatic rings. The Morgan fingerprint density at radius 2 is 1.85 bits per heavy atom. The highest BCUT2D eigenvalue weighted by molar-refractivity contribution is 6.67. The van der Waals surface area contributed by atoms with Gasteiger partial charge >= 0.3 is 0 Å². The summed E-state index contributed by atoms with van der Waals surface area (Å²) in [6.45, 7) is 0.740. The lowest BCUT2D eigenvalue weighted by Gasteiger charge is -1.93. The average molecular weight is 287 g/mol. The molecule has 0 saturated heterocycles. The quantitative estimate of drug-likeness (QED) is 0.882. The fourth-order valence-electron chi connectivity index (χ4n) is 1.52. The number of hydrogen-bond acceptors (Lipinski definition) is 3. The van der Waals surface area contributed by atoms with E-state index in [4.69, 9.17) is 22.6 Å². The molecule has 0 heterocycles. The monoisotopic (exact) mass is 286 g/mol. The average Bonchev–Trinajstić information content (AvgIpc) is 2.49. The number of benzene rings is 2. The summed E-state index contributed by atoms with van der Waals surface area (Å²) in [4.78, 5) is 10.6. The van der Waals surface area contributed by atoms with Gasteiger partial charge < -0.3 is 5.73 Å². The first-order chi connectivity index (χ1) is 9.67. The van der Waals surface area contributed by atoms with E-state index < -0.39 is 5.24 Å². The van der Waals surface area contributed by atoms with Gasteiger partial charge in [-0.1, -0.05) is 42.5 Å². The van der Waals surface area contributed by atoms with Crippen LogP contribution in [0.25, 0.3) is 0 Å². The van der Waals surface area contributed by atoms with E-state index in [-0.39, 0.29) is 0 Å². The Hall–Kier alpha value is -2.15. The number of nitrogens with zero attached hydrogens (tertiary/aromatic N) is 1. The van der Waals surface area contributed by atoms with Crippen LogP contribution in [-0.2, 0) is 6.42 Å². The molecule has 0 saturated carbocycles. The molecule has 0 bridgehead atoms. The van der Waals surface area contributed by atoms with Crippen molar-refractivity contribution in [1.29, 1.82) is 5.26 Å². The molecule has 102 valence electrons. The first-order valence-electron chi connectivity index (χ1n) is 6.11. The van der Waals surface area contributed by atoms with E-state index in [0.717, 1.165) is 13.0 Å². The normalized spacial score (nSPS) is 9.05. The van der Waals surface area contributed by atoms with E-state index in [9.17, 15) is 4.79 Å². The van der Waals surface area contributed by atoms with Crippen LogP contribution in [0.3, 0.4) is 0 Å². The Balaban J connectivity index is 0.000000204. The van der Waals surface area contributed by atoms with Crippen molar-refractivity contribution in [3.05, 3.63) is 71.3 Å². The number of carbonyl (C=O) groups is 1. The van der Waals surface area contributed by atoms with Crippen LogP contribution in [0.2, 0.25) is 0 Å². The minimum absolute atomic E-state index is 0.353. The van der Waals surface area contributed by atoms with Crippen LogP contribution in [0.5, 0.6) is 0 Å². The molecule has 4 heteroatoms. The van der Waals surface area contributed by atoms with Gasteiger partial charge in [0.2, 0.25) is 0 Å². The maximum Gasteiger partial charge on any atom is 0.252 e. The van der Waals surface area contributed by atoms with Crippen molar-refractivity contribution < 1.29 is 4.79 Å². The van der Waals surface area contributed by atoms with E-state index in [2.05, 4.69) is 12.1 Å². The summed E-state index contributed by atoms with van der Waals surface area (Å²) in [6, 6.07) is 18.4. The number of halogens is 1. The van der Waals surface area contributed by atoms with Crippen molar-refractivity contribution in [3.8, 4) is 6.07 Å². The van der Waals surface area contributed by atoms with E-state index in [1.165, 1.54) is 11.6 Å². The molecule has 0 unspecified atom stereocenters. The van der Waals surface area contributed by atoms with Crippen molar-refractivity contribution in [2.45, 2.75) is 6.42 Å². The van der Waals surface area contributed by atoms with Crippen LogP contribution in [0.4, 0.5) is 0 Å². The van der Waals surface area contributed by atoms with Gasteiger partial charge in [-0.2, -0.15) is 5.26 Å². The lowest BCUT2D eigenvalue weighted by molar-refractivity contribution is 0.108. The van der Waals surface area contributed by atoms with Crippen LogP contribution in [0.15, 0.2) is 54.6 Å². The molecule has 0 atom stereocenters. The first-order valence-corrected chi connectivity index (χ1v) is 6.49. The third kappa shape index (κ3) is 5.66. The van der Waals surface area contributed by atoms with Crippen LogP contribution < -0.4 is 5.73 Å². The summed E-state index contributed by atoms with van der Waals surface area (Å²) in [6.07, 6.45) is 0.987. The summed E-state index contributed by atoms with van der Waals surface area (Å²) in [5.74, 6) is 0. The summed E-state index contributed by atoms with van der Waals surface area (Å²) >= 11 is 5.18. The topological polar surface area (TPSA) is 66.9 Å². The van der Waals surface area contributed by atoms with Gasteiger partial charge in [0.15, 0.2) is 0 Å². The zero-order valence-corrected chi connectivity index (χ0v) is 11.7. The molecule has 3 nitrogen and oxygen atoms in total. The molecule has 0 aliphatic carbocycles. The maximum atomic E-state index is 10.6. The number of rotatable bonds is 3. The highest BCUT2D eigenvalue weighted by Crippen LogP contribution is 2.06. The molecular formula is C16H15ClN2O.